The first-order valence-corrected chi connectivity index (χ1v) is 11.7. The Balaban J connectivity index is 1.52. The van der Waals surface area contributed by atoms with Crippen LogP contribution in [-0.4, -0.2) is 31.2 Å². The van der Waals surface area contributed by atoms with Gasteiger partial charge >= 0.3 is 6.16 Å². The molecule has 8 nitrogen and oxygen atoms in total. The van der Waals surface area contributed by atoms with Crippen LogP contribution in [0.4, 0.5) is 16.2 Å². The van der Waals surface area contributed by atoms with E-state index in [1.165, 1.54) is 24.3 Å². The lowest BCUT2D eigenvalue weighted by Crippen LogP contribution is -2.17. The van der Waals surface area contributed by atoms with Crippen molar-refractivity contribution in [3.63, 3.8) is 0 Å². The maximum Gasteiger partial charge on any atom is 0.513 e. The minimum Gasteiger partial charge on any atom is -0.493 e. The van der Waals surface area contributed by atoms with E-state index in [0.717, 1.165) is 16.9 Å². The van der Waals surface area contributed by atoms with E-state index >= 15 is 0 Å². The number of amides is 2. The molecule has 0 aliphatic rings. The van der Waals surface area contributed by atoms with E-state index in [0.29, 0.717) is 30.0 Å². The van der Waals surface area contributed by atoms with Crippen LogP contribution in [0.15, 0.2) is 66.7 Å². The zero-order chi connectivity index (χ0) is 25.9. The molecule has 0 saturated carbocycles. The lowest BCUT2D eigenvalue weighted by Gasteiger charge is -2.13. The Morgan fingerprint density at radius 3 is 2.08 bits per heavy atom. The average molecular weight is 491 g/mol. The van der Waals surface area contributed by atoms with E-state index < -0.39 is 6.16 Å². The van der Waals surface area contributed by atoms with Gasteiger partial charge in [-0.25, -0.2) is 4.79 Å². The number of hydrogen-bond donors (Lipinski definition) is 2. The summed E-state index contributed by atoms with van der Waals surface area (Å²) in [6.07, 6.45) is 0.0139. The Morgan fingerprint density at radius 1 is 0.806 bits per heavy atom. The molecule has 188 valence electrons. The third kappa shape index (κ3) is 7.59. The molecule has 0 bridgehead atoms. The summed E-state index contributed by atoms with van der Waals surface area (Å²) in [6, 6.07) is 19.0. The van der Waals surface area contributed by atoms with Crippen molar-refractivity contribution in [2.45, 2.75) is 33.6 Å². The number of carbonyl (C=O) groups excluding carboxylic acids is 3. The van der Waals surface area contributed by atoms with Crippen molar-refractivity contribution in [3.8, 4) is 11.5 Å². The van der Waals surface area contributed by atoms with Crippen molar-refractivity contribution in [2.24, 2.45) is 0 Å². The minimum atomic E-state index is -0.809. The highest BCUT2D eigenvalue weighted by Crippen LogP contribution is 2.24. The quantitative estimate of drug-likeness (QED) is 0.209. The van der Waals surface area contributed by atoms with Crippen molar-refractivity contribution in [2.75, 3.05) is 23.8 Å². The van der Waals surface area contributed by atoms with Crippen LogP contribution in [0.25, 0.3) is 0 Å². The second kappa shape index (κ2) is 12.9. The molecular formula is C28H30N2O6. The zero-order valence-electron chi connectivity index (χ0n) is 20.6. The molecule has 0 heterocycles. The topological polar surface area (TPSA) is 103 Å². The molecule has 0 unspecified atom stereocenters. The first-order valence-electron chi connectivity index (χ1n) is 11.7. The van der Waals surface area contributed by atoms with Crippen molar-refractivity contribution in [3.05, 3.63) is 83.4 Å². The molecule has 0 spiro atoms. The Hall–Kier alpha value is -4.33. The van der Waals surface area contributed by atoms with Crippen LogP contribution in [-0.2, 0) is 9.53 Å². The van der Waals surface area contributed by atoms with E-state index in [1.54, 1.807) is 31.2 Å². The van der Waals surface area contributed by atoms with Crippen LogP contribution in [0.3, 0.4) is 0 Å². The van der Waals surface area contributed by atoms with E-state index in [9.17, 15) is 14.4 Å². The summed E-state index contributed by atoms with van der Waals surface area (Å²) in [5.74, 6) is 0.564. The molecule has 0 atom stereocenters. The Bertz CT molecular complexity index is 1190. The lowest BCUT2D eigenvalue weighted by molar-refractivity contribution is -0.116. The maximum absolute atomic E-state index is 12.7. The molecule has 2 amide bonds. The fourth-order valence-electron chi connectivity index (χ4n) is 3.46. The fraction of sp³-hybridized carbons (Fsp3) is 0.250. The Kier molecular flexibility index (Phi) is 9.45. The number of aryl methyl sites for hydroxylation is 2. The van der Waals surface area contributed by atoms with Gasteiger partial charge in [0.2, 0.25) is 5.91 Å². The molecule has 3 aromatic carbocycles. The molecule has 8 heteroatoms. The summed E-state index contributed by atoms with van der Waals surface area (Å²) in [5, 5.41) is 5.65. The average Bonchev–Trinajstić information content (AvgIpc) is 2.85. The molecule has 3 aromatic rings. The largest absolute Gasteiger partial charge is 0.513 e. The van der Waals surface area contributed by atoms with Gasteiger partial charge in [0.15, 0.2) is 0 Å². The van der Waals surface area contributed by atoms with Gasteiger partial charge in [-0.05, 0) is 74.7 Å². The molecule has 0 aliphatic heterocycles. The number of carbonyl (C=O) groups is 3. The summed E-state index contributed by atoms with van der Waals surface area (Å²) in [4.78, 5) is 36.6. The second-order valence-electron chi connectivity index (χ2n) is 8.03. The SMILES string of the molecule is CCOC(=O)Oc1ccc(C(=O)Nc2ccccc2NC(=O)CCCOc2c(C)cccc2C)cc1. The molecular weight excluding hydrogens is 460 g/mol. The summed E-state index contributed by atoms with van der Waals surface area (Å²) >= 11 is 0. The van der Waals surface area contributed by atoms with Crippen LogP contribution < -0.4 is 20.1 Å². The van der Waals surface area contributed by atoms with E-state index in [1.807, 2.05) is 32.0 Å². The standard InChI is InChI=1S/C28H30N2O6/c1-4-34-28(33)36-22-16-14-21(15-17-22)27(32)30-24-12-6-5-11-23(24)29-25(31)13-8-18-35-26-19(2)9-7-10-20(26)3/h5-7,9-12,14-17H,4,8,13,18H2,1-3H3,(H,29,31)(H,30,32). The highest BCUT2D eigenvalue weighted by Gasteiger charge is 2.12. The van der Waals surface area contributed by atoms with Gasteiger partial charge in [-0.2, -0.15) is 0 Å². The van der Waals surface area contributed by atoms with Gasteiger partial charge < -0.3 is 24.8 Å². The fourth-order valence-corrected chi connectivity index (χ4v) is 3.46. The number of rotatable bonds is 10. The monoisotopic (exact) mass is 490 g/mol. The smallest absolute Gasteiger partial charge is 0.493 e. The number of benzene rings is 3. The molecule has 0 saturated heterocycles. The van der Waals surface area contributed by atoms with Gasteiger partial charge in [0.1, 0.15) is 11.5 Å². The first kappa shape index (κ1) is 26.3. The summed E-state index contributed by atoms with van der Waals surface area (Å²) in [5.41, 5.74) is 3.44. The van der Waals surface area contributed by atoms with E-state index in [2.05, 4.69) is 10.6 Å². The van der Waals surface area contributed by atoms with Crippen molar-refractivity contribution in [1.29, 1.82) is 0 Å². The predicted molar refractivity (Wildman–Crippen MR) is 138 cm³/mol. The zero-order valence-corrected chi connectivity index (χ0v) is 20.6. The van der Waals surface area contributed by atoms with Gasteiger partial charge in [-0.3, -0.25) is 9.59 Å². The van der Waals surface area contributed by atoms with Crippen molar-refractivity contribution >= 4 is 29.3 Å². The highest BCUT2D eigenvalue weighted by atomic mass is 16.7. The van der Waals surface area contributed by atoms with Crippen molar-refractivity contribution in [1.82, 2.24) is 0 Å². The summed E-state index contributed by atoms with van der Waals surface area (Å²) in [6.45, 7) is 6.29. The molecule has 0 radical (unpaired) electrons. The summed E-state index contributed by atoms with van der Waals surface area (Å²) in [7, 11) is 0. The second-order valence-corrected chi connectivity index (χ2v) is 8.03. The normalized spacial score (nSPS) is 10.3. The van der Waals surface area contributed by atoms with E-state index in [4.69, 9.17) is 14.2 Å². The molecule has 0 aliphatic carbocycles. The molecule has 36 heavy (non-hydrogen) atoms. The molecule has 3 rings (SSSR count). The number of para-hydroxylation sites is 3. The van der Waals surface area contributed by atoms with Gasteiger partial charge in [0.25, 0.3) is 5.91 Å². The van der Waals surface area contributed by atoms with Gasteiger partial charge in [0, 0.05) is 12.0 Å². The Labute approximate surface area is 210 Å². The number of hydrogen-bond acceptors (Lipinski definition) is 6. The van der Waals surface area contributed by atoms with Crippen LogP contribution >= 0.6 is 0 Å². The molecule has 0 aromatic heterocycles. The number of nitrogens with one attached hydrogen (secondary N) is 2. The molecule has 2 N–H and O–H groups in total. The molecule has 0 fully saturated rings. The summed E-state index contributed by atoms with van der Waals surface area (Å²) < 4.78 is 15.6. The maximum atomic E-state index is 12.7. The van der Waals surface area contributed by atoms with E-state index in [-0.39, 0.29) is 30.6 Å². The van der Waals surface area contributed by atoms with Crippen molar-refractivity contribution < 1.29 is 28.6 Å². The lowest BCUT2D eigenvalue weighted by atomic mass is 10.1. The van der Waals surface area contributed by atoms with Gasteiger partial charge in [-0.1, -0.05) is 30.3 Å². The predicted octanol–water partition coefficient (Wildman–Crippen LogP) is 5.89. The number of ether oxygens (including phenoxy) is 3. The van der Waals surface area contributed by atoms with Gasteiger partial charge in [0.05, 0.1) is 24.6 Å². The third-order valence-corrected chi connectivity index (χ3v) is 5.23. The number of anilines is 2. The minimum absolute atomic E-state index is 0.178. The van der Waals surface area contributed by atoms with Gasteiger partial charge in [-0.15, -0.1) is 0 Å². The van der Waals surface area contributed by atoms with Crippen LogP contribution in [0.5, 0.6) is 11.5 Å². The highest BCUT2D eigenvalue weighted by molar-refractivity contribution is 6.07. The van der Waals surface area contributed by atoms with Crippen LogP contribution in [0.1, 0.15) is 41.3 Å². The Morgan fingerprint density at radius 2 is 1.44 bits per heavy atom. The third-order valence-electron chi connectivity index (χ3n) is 5.23. The first-order chi connectivity index (χ1) is 17.4. The van der Waals surface area contributed by atoms with Crippen LogP contribution in [0.2, 0.25) is 0 Å². The van der Waals surface area contributed by atoms with Crippen LogP contribution in [0, 0.1) is 13.8 Å².